The summed E-state index contributed by atoms with van der Waals surface area (Å²) in [6.45, 7) is 4.15. The Morgan fingerprint density at radius 3 is 2.61 bits per heavy atom. The lowest BCUT2D eigenvalue weighted by Crippen LogP contribution is -2.40. The summed E-state index contributed by atoms with van der Waals surface area (Å²) in [5.74, 6) is -0.802. The number of benzene rings is 2. The lowest BCUT2D eigenvalue weighted by Gasteiger charge is -2.27. The van der Waals surface area contributed by atoms with Gasteiger partial charge >= 0.3 is 0 Å². The minimum absolute atomic E-state index is 0.189. The quantitative estimate of drug-likeness (QED) is 0.584. The molecular formula is C25H25F2N3O3. The smallest absolute Gasteiger partial charge is 0.259 e. The first-order chi connectivity index (χ1) is 16.1. The summed E-state index contributed by atoms with van der Waals surface area (Å²) in [5, 5.41) is 0. The standard InChI is InChI=1S/C25H25F2N3O3/c1-2-30-14-13-29(17-18-7-5-9-20(26)23(18)27)15-16-32-21-10-3-4-11-22(21)33-24-19(25(30)31)8-6-12-28-24/h3-12H,2,13-17H2,1H3. The molecule has 0 spiro atoms. The summed E-state index contributed by atoms with van der Waals surface area (Å²) in [6, 6.07) is 14.7. The van der Waals surface area contributed by atoms with Crippen molar-refractivity contribution in [2.45, 2.75) is 13.5 Å². The number of halogens is 2. The van der Waals surface area contributed by atoms with E-state index in [0.29, 0.717) is 49.8 Å². The van der Waals surface area contributed by atoms with Crippen molar-refractivity contribution in [1.82, 2.24) is 14.8 Å². The van der Waals surface area contributed by atoms with Crippen LogP contribution >= 0.6 is 0 Å². The second kappa shape index (κ2) is 10.4. The maximum atomic E-state index is 14.3. The zero-order valence-corrected chi connectivity index (χ0v) is 18.3. The topological polar surface area (TPSA) is 54.9 Å². The van der Waals surface area contributed by atoms with Crippen LogP contribution in [-0.2, 0) is 6.54 Å². The van der Waals surface area contributed by atoms with E-state index in [0.717, 1.165) is 6.07 Å². The van der Waals surface area contributed by atoms with Gasteiger partial charge in [-0.2, -0.15) is 0 Å². The third-order valence-electron chi connectivity index (χ3n) is 5.50. The number of likely N-dealkylation sites (N-methyl/N-ethyl adjacent to an activating group) is 1. The van der Waals surface area contributed by atoms with Crippen LogP contribution in [0.1, 0.15) is 22.8 Å². The number of hydrogen-bond donors (Lipinski definition) is 0. The molecule has 0 saturated carbocycles. The molecule has 3 aromatic rings. The lowest BCUT2D eigenvalue weighted by atomic mass is 10.2. The molecule has 2 heterocycles. The molecule has 2 aromatic carbocycles. The number of hydrogen-bond acceptors (Lipinski definition) is 5. The van der Waals surface area contributed by atoms with Crippen molar-refractivity contribution in [1.29, 1.82) is 0 Å². The van der Waals surface area contributed by atoms with Gasteiger partial charge < -0.3 is 14.4 Å². The fourth-order valence-electron chi connectivity index (χ4n) is 3.69. The van der Waals surface area contributed by atoms with Crippen LogP contribution in [0.2, 0.25) is 0 Å². The average Bonchev–Trinajstić information content (AvgIpc) is 2.83. The number of aromatic nitrogens is 1. The number of amides is 1. The largest absolute Gasteiger partial charge is 0.488 e. The van der Waals surface area contributed by atoms with E-state index in [9.17, 15) is 13.6 Å². The molecule has 0 fully saturated rings. The van der Waals surface area contributed by atoms with Gasteiger partial charge in [-0.05, 0) is 37.3 Å². The van der Waals surface area contributed by atoms with Crippen LogP contribution in [0.4, 0.5) is 8.78 Å². The highest BCUT2D eigenvalue weighted by Crippen LogP contribution is 2.32. The molecule has 4 rings (SSSR count). The average molecular weight is 453 g/mol. The minimum atomic E-state index is -0.880. The first-order valence-corrected chi connectivity index (χ1v) is 10.9. The maximum absolute atomic E-state index is 14.3. The molecule has 0 aliphatic carbocycles. The molecule has 0 saturated heterocycles. The highest BCUT2D eigenvalue weighted by Gasteiger charge is 2.23. The molecule has 1 aliphatic rings. The fourth-order valence-corrected chi connectivity index (χ4v) is 3.69. The van der Waals surface area contributed by atoms with E-state index < -0.39 is 11.6 Å². The van der Waals surface area contributed by atoms with Crippen LogP contribution in [0.3, 0.4) is 0 Å². The number of nitrogens with zero attached hydrogens (tertiary/aromatic N) is 3. The first-order valence-electron chi connectivity index (χ1n) is 10.9. The van der Waals surface area contributed by atoms with Crippen LogP contribution in [0.25, 0.3) is 0 Å². The highest BCUT2D eigenvalue weighted by atomic mass is 19.2. The Hall–Kier alpha value is -3.52. The Kier molecular flexibility index (Phi) is 7.14. The van der Waals surface area contributed by atoms with Crippen molar-refractivity contribution in [3.8, 4) is 17.4 Å². The zero-order valence-electron chi connectivity index (χ0n) is 18.3. The monoisotopic (exact) mass is 453 g/mol. The van der Waals surface area contributed by atoms with Crippen LogP contribution in [-0.4, -0.2) is 53.5 Å². The van der Waals surface area contributed by atoms with Gasteiger partial charge in [0.25, 0.3) is 5.91 Å². The number of pyridine rings is 1. The van der Waals surface area contributed by atoms with Gasteiger partial charge in [0.2, 0.25) is 5.88 Å². The Bertz CT molecular complexity index is 1130. The second-order valence-corrected chi connectivity index (χ2v) is 7.63. The van der Waals surface area contributed by atoms with Crippen molar-refractivity contribution in [2.75, 3.05) is 32.8 Å². The van der Waals surface area contributed by atoms with Crippen LogP contribution in [0.15, 0.2) is 60.8 Å². The van der Waals surface area contributed by atoms with E-state index in [1.165, 1.54) is 6.07 Å². The lowest BCUT2D eigenvalue weighted by molar-refractivity contribution is 0.0736. The highest BCUT2D eigenvalue weighted by molar-refractivity contribution is 5.96. The van der Waals surface area contributed by atoms with E-state index in [4.69, 9.17) is 9.47 Å². The Balaban J connectivity index is 1.66. The first kappa shape index (κ1) is 22.7. The van der Waals surface area contributed by atoms with Gasteiger partial charge in [0, 0.05) is 44.5 Å². The third-order valence-corrected chi connectivity index (χ3v) is 5.50. The predicted octanol–water partition coefficient (Wildman–Crippen LogP) is 4.51. The predicted molar refractivity (Wildman–Crippen MR) is 119 cm³/mol. The Morgan fingerprint density at radius 1 is 0.970 bits per heavy atom. The normalized spacial score (nSPS) is 15.2. The van der Waals surface area contributed by atoms with Crippen molar-refractivity contribution < 1.29 is 23.0 Å². The van der Waals surface area contributed by atoms with Crippen molar-refractivity contribution in [2.24, 2.45) is 0 Å². The molecule has 8 heteroatoms. The zero-order chi connectivity index (χ0) is 23.2. The number of carbonyl (C=O) groups excluding carboxylic acids is 1. The molecule has 33 heavy (non-hydrogen) atoms. The van der Waals surface area contributed by atoms with Crippen LogP contribution in [0.5, 0.6) is 17.4 Å². The maximum Gasteiger partial charge on any atom is 0.259 e. The molecule has 0 bridgehead atoms. The van der Waals surface area contributed by atoms with E-state index in [2.05, 4.69) is 4.98 Å². The molecule has 1 aromatic heterocycles. The number of para-hydroxylation sites is 2. The van der Waals surface area contributed by atoms with E-state index in [1.807, 2.05) is 24.0 Å². The molecule has 0 unspecified atom stereocenters. The van der Waals surface area contributed by atoms with Gasteiger partial charge in [0.1, 0.15) is 12.2 Å². The van der Waals surface area contributed by atoms with E-state index in [-0.39, 0.29) is 23.9 Å². The number of ether oxygens (including phenoxy) is 2. The second-order valence-electron chi connectivity index (χ2n) is 7.63. The molecule has 1 amide bonds. The molecular weight excluding hydrogens is 428 g/mol. The van der Waals surface area contributed by atoms with Gasteiger partial charge in [-0.1, -0.05) is 24.3 Å². The van der Waals surface area contributed by atoms with Crippen LogP contribution in [0, 0.1) is 11.6 Å². The fraction of sp³-hybridized carbons (Fsp3) is 0.280. The van der Waals surface area contributed by atoms with Gasteiger partial charge in [0.15, 0.2) is 23.1 Å². The molecule has 172 valence electrons. The summed E-state index contributed by atoms with van der Waals surface area (Å²) in [7, 11) is 0. The van der Waals surface area contributed by atoms with Crippen molar-refractivity contribution in [3.63, 3.8) is 0 Å². The molecule has 0 N–H and O–H groups in total. The summed E-state index contributed by atoms with van der Waals surface area (Å²) >= 11 is 0. The summed E-state index contributed by atoms with van der Waals surface area (Å²) in [6.07, 6.45) is 1.57. The van der Waals surface area contributed by atoms with Crippen molar-refractivity contribution >= 4 is 5.91 Å². The SMILES string of the molecule is CCN1CCN(Cc2cccc(F)c2F)CCOc2ccccc2Oc2ncccc2C1=O. The van der Waals surface area contributed by atoms with E-state index in [1.54, 1.807) is 41.4 Å². The number of rotatable bonds is 3. The van der Waals surface area contributed by atoms with Gasteiger partial charge in [-0.25, -0.2) is 13.8 Å². The van der Waals surface area contributed by atoms with Gasteiger partial charge in [-0.3, -0.25) is 9.69 Å². The van der Waals surface area contributed by atoms with Gasteiger partial charge in [-0.15, -0.1) is 0 Å². The Morgan fingerprint density at radius 2 is 1.79 bits per heavy atom. The minimum Gasteiger partial charge on any atom is -0.488 e. The molecule has 6 nitrogen and oxygen atoms in total. The van der Waals surface area contributed by atoms with Gasteiger partial charge in [0.05, 0.1) is 0 Å². The van der Waals surface area contributed by atoms with Crippen LogP contribution < -0.4 is 9.47 Å². The number of carbonyl (C=O) groups is 1. The summed E-state index contributed by atoms with van der Waals surface area (Å²) < 4.78 is 40.0. The summed E-state index contributed by atoms with van der Waals surface area (Å²) in [4.78, 5) is 21.2. The van der Waals surface area contributed by atoms with Crippen molar-refractivity contribution in [3.05, 3.63) is 83.6 Å². The summed E-state index contributed by atoms with van der Waals surface area (Å²) in [5.41, 5.74) is 0.600. The molecule has 0 radical (unpaired) electrons. The number of fused-ring (bicyclic) bond motifs is 2. The molecule has 1 aliphatic heterocycles. The van der Waals surface area contributed by atoms with E-state index >= 15 is 0 Å². The Labute approximate surface area is 191 Å². The molecule has 0 atom stereocenters. The third kappa shape index (κ3) is 5.28.